The van der Waals surface area contributed by atoms with Crippen LogP contribution in [0, 0.1) is 0 Å². The number of anilines is 2. The summed E-state index contributed by atoms with van der Waals surface area (Å²) in [4.78, 5) is 40.8. The number of hydrogen-bond donors (Lipinski definition) is 7. The molecule has 0 aromatic heterocycles. The normalized spacial score (nSPS) is 15.3. The zero-order valence-corrected chi connectivity index (χ0v) is 25.8. The lowest BCUT2D eigenvalue weighted by atomic mass is 9.78. The fourth-order valence-corrected chi connectivity index (χ4v) is 4.90. The first-order valence-electron chi connectivity index (χ1n) is 14.6. The van der Waals surface area contributed by atoms with Gasteiger partial charge in [0.25, 0.3) is 5.91 Å². The van der Waals surface area contributed by atoms with Gasteiger partial charge in [0.2, 0.25) is 11.8 Å². The monoisotopic (exact) mass is 595 g/mol. The first kappa shape index (κ1) is 34.0. The summed E-state index contributed by atoms with van der Waals surface area (Å²) in [5.41, 5.74) is 20.1. The highest BCUT2D eigenvalue weighted by atomic mass is 16.5. The van der Waals surface area contributed by atoms with Crippen LogP contribution in [0.4, 0.5) is 11.4 Å². The summed E-state index contributed by atoms with van der Waals surface area (Å²) in [6.45, 7) is 11.3. The van der Waals surface area contributed by atoms with Gasteiger partial charge >= 0.3 is 7.12 Å². The summed E-state index contributed by atoms with van der Waals surface area (Å²) in [5.74, 6) is -1.35. The fourth-order valence-electron chi connectivity index (χ4n) is 4.90. The van der Waals surface area contributed by atoms with E-state index in [1.54, 1.807) is 23.1 Å². The molecule has 0 spiro atoms. The Morgan fingerprint density at radius 3 is 2.19 bits per heavy atom. The van der Waals surface area contributed by atoms with Crippen molar-refractivity contribution in [1.82, 2.24) is 10.2 Å². The van der Waals surface area contributed by atoms with Crippen molar-refractivity contribution in [3.63, 3.8) is 0 Å². The molecule has 0 radical (unpaired) electrons. The smallest absolute Gasteiger partial charge is 0.423 e. The molecule has 0 unspecified atom stereocenters. The predicted octanol–water partition coefficient (Wildman–Crippen LogP) is 0.283. The molecule has 1 aliphatic rings. The zero-order chi connectivity index (χ0) is 31.9. The lowest BCUT2D eigenvalue weighted by Crippen LogP contribution is -2.53. The average molecular weight is 596 g/mol. The van der Waals surface area contributed by atoms with Gasteiger partial charge in [0.05, 0.1) is 11.6 Å². The van der Waals surface area contributed by atoms with Gasteiger partial charge in [0.1, 0.15) is 0 Å². The fraction of sp³-hybridized carbons (Fsp3) is 0.500. The maximum absolute atomic E-state index is 13.5. The lowest BCUT2D eigenvalue weighted by molar-refractivity contribution is -0.131. The van der Waals surface area contributed by atoms with Crippen LogP contribution in [0.25, 0.3) is 0 Å². The van der Waals surface area contributed by atoms with Crippen LogP contribution in [0.15, 0.2) is 42.5 Å². The van der Waals surface area contributed by atoms with E-state index in [2.05, 4.69) is 36.7 Å². The van der Waals surface area contributed by atoms with Gasteiger partial charge in [-0.3, -0.25) is 14.4 Å². The van der Waals surface area contributed by atoms with Crippen LogP contribution in [0.3, 0.4) is 0 Å². The summed E-state index contributed by atoms with van der Waals surface area (Å²) < 4.78 is 5.62. The molecule has 0 saturated heterocycles. The van der Waals surface area contributed by atoms with Crippen molar-refractivity contribution in [3.8, 4) is 0 Å². The SMILES string of the molecule is CC(C)(C)c1ccc(N[C@@H](NC(=O)[C@@H](N)CCC(=O)N(CCN)CCN)C(=O)Nc2ccc3c(c2)B(O)OC3(C)C)cc1. The van der Waals surface area contributed by atoms with Crippen molar-refractivity contribution in [2.75, 3.05) is 36.8 Å². The number of fused-ring (bicyclic) bond motifs is 1. The minimum absolute atomic E-state index is 0.0308. The van der Waals surface area contributed by atoms with Crippen LogP contribution >= 0.6 is 0 Å². The van der Waals surface area contributed by atoms with Gasteiger partial charge in [-0.25, -0.2) is 0 Å². The molecule has 0 aliphatic carbocycles. The van der Waals surface area contributed by atoms with Gasteiger partial charge in [0, 0.05) is 44.0 Å². The van der Waals surface area contributed by atoms with Crippen LogP contribution in [-0.4, -0.2) is 73.2 Å². The molecular formula is C30H46BN7O5. The number of benzene rings is 2. The largest absolute Gasteiger partial charge is 0.492 e. The second-order valence-corrected chi connectivity index (χ2v) is 12.3. The van der Waals surface area contributed by atoms with Crippen molar-refractivity contribution in [2.45, 2.75) is 70.7 Å². The molecule has 234 valence electrons. The molecule has 0 saturated carbocycles. The highest BCUT2D eigenvalue weighted by molar-refractivity contribution is 6.62. The number of carbonyl (C=O) groups is 3. The van der Waals surface area contributed by atoms with E-state index >= 15 is 0 Å². The Morgan fingerprint density at radius 1 is 1.00 bits per heavy atom. The van der Waals surface area contributed by atoms with E-state index in [9.17, 15) is 19.4 Å². The Balaban J connectivity index is 1.75. The molecule has 3 amide bonds. The van der Waals surface area contributed by atoms with E-state index in [0.717, 1.165) is 11.1 Å². The van der Waals surface area contributed by atoms with Gasteiger partial charge < -0.3 is 47.7 Å². The second kappa shape index (κ2) is 14.3. The van der Waals surface area contributed by atoms with E-state index in [0.29, 0.717) is 43.0 Å². The van der Waals surface area contributed by atoms with Crippen LogP contribution in [-0.2, 0) is 30.1 Å². The van der Waals surface area contributed by atoms with Crippen LogP contribution in [0.2, 0.25) is 0 Å². The summed E-state index contributed by atoms with van der Waals surface area (Å²) in [5, 5.41) is 18.9. The highest BCUT2D eigenvalue weighted by Crippen LogP contribution is 2.30. The standard InChI is InChI=1S/C30H46BN7O5/c1-29(2,3)19-6-8-20(9-7-19)35-26(37-27(40)24(34)12-13-25(39)38(16-14-32)17-15-33)28(41)36-21-10-11-22-23(18-21)31(42)43-30(22,4)5/h6-11,18,24,26,35,42H,12-17,32-34H2,1-5H3,(H,36,41)(H,37,40)/t24-,26-/m0/s1. The minimum Gasteiger partial charge on any atom is -0.423 e. The first-order valence-corrected chi connectivity index (χ1v) is 14.6. The number of nitrogens with one attached hydrogen (secondary N) is 3. The Bertz CT molecular complexity index is 1280. The number of nitrogens with zero attached hydrogens (tertiary/aromatic N) is 1. The molecule has 3 rings (SSSR count). The summed E-state index contributed by atoms with van der Waals surface area (Å²) in [6, 6.07) is 11.7. The predicted molar refractivity (Wildman–Crippen MR) is 169 cm³/mol. The Kier molecular flexibility index (Phi) is 11.3. The van der Waals surface area contributed by atoms with Crippen molar-refractivity contribution in [1.29, 1.82) is 0 Å². The minimum atomic E-state index is -1.20. The molecule has 13 heteroatoms. The summed E-state index contributed by atoms with van der Waals surface area (Å²) in [6.07, 6.45) is -1.10. The lowest BCUT2D eigenvalue weighted by Gasteiger charge is -2.25. The Hall–Kier alpha value is -3.49. The molecule has 1 heterocycles. The number of hydrogen-bond acceptors (Lipinski definition) is 9. The van der Waals surface area contributed by atoms with E-state index in [1.807, 2.05) is 38.1 Å². The third kappa shape index (κ3) is 9.01. The maximum Gasteiger partial charge on any atom is 0.492 e. The molecule has 2 atom stereocenters. The van der Waals surface area contributed by atoms with Gasteiger partial charge in [-0.1, -0.05) is 39.0 Å². The van der Waals surface area contributed by atoms with Gasteiger partial charge in [0.15, 0.2) is 6.17 Å². The molecule has 2 aromatic rings. The Morgan fingerprint density at radius 2 is 1.60 bits per heavy atom. The van der Waals surface area contributed by atoms with E-state index in [4.69, 9.17) is 21.9 Å². The first-order chi connectivity index (χ1) is 20.2. The number of nitrogens with two attached hydrogens (primary N) is 3. The molecule has 0 fully saturated rings. The molecule has 43 heavy (non-hydrogen) atoms. The third-order valence-electron chi connectivity index (χ3n) is 7.41. The van der Waals surface area contributed by atoms with Crippen molar-refractivity contribution in [2.24, 2.45) is 17.2 Å². The van der Waals surface area contributed by atoms with Crippen LogP contribution in [0.5, 0.6) is 0 Å². The Labute approximate surface area is 254 Å². The number of amides is 3. The number of carbonyl (C=O) groups excluding carboxylic acids is 3. The second-order valence-electron chi connectivity index (χ2n) is 12.3. The highest BCUT2D eigenvalue weighted by Gasteiger charge is 2.40. The van der Waals surface area contributed by atoms with Crippen molar-refractivity contribution in [3.05, 3.63) is 53.6 Å². The quantitative estimate of drug-likeness (QED) is 0.126. The van der Waals surface area contributed by atoms with Gasteiger partial charge in [-0.05, 0) is 66.5 Å². The zero-order valence-electron chi connectivity index (χ0n) is 25.8. The van der Waals surface area contributed by atoms with E-state index in [-0.39, 0.29) is 24.2 Å². The molecule has 1 aliphatic heterocycles. The summed E-state index contributed by atoms with van der Waals surface area (Å²) >= 11 is 0. The van der Waals surface area contributed by atoms with Gasteiger partial charge in [-0.2, -0.15) is 0 Å². The van der Waals surface area contributed by atoms with Crippen molar-refractivity contribution >= 4 is 41.7 Å². The average Bonchev–Trinajstić information content (AvgIpc) is 3.17. The van der Waals surface area contributed by atoms with E-state index < -0.39 is 36.7 Å². The van der Waals surface area contributed by atoms with Crippen LogP contribution in [0.1, 0.15) is 58.6 Å². The molecule has 10 N–H and O–H groups in total. The molecule has 12 nitrogen and oxygen atoms in total. The molecule has 0 bridgehead atoms. The number of rotatable bonds is 13. The molecular weight excluding hydrogens is 549 g/mol. The summed E-state index contributed by atoms with van der Waals surface area (Å²) in [7, 11) is -1.12. The van der Waals surface area contributed by atoms with Crippen molar-refractivity contribution < 1.29 is 24.1 Å². The molecule has 2 aromatic carbocycles. The van der Waals surface area contributed by atoms with E-state index in [1.165, 1.54) is 0 Å². The van der Waals surface area contributed by atoms with Crippen LogP contribution < -0.4 is 38.6 Å². The topological polar surface area (TPSA) is 198 Å². The maximum atomic E-state index is 13.5. The third-order valence-corrected chi connectivity index (χ3v) is 7.41. The van der Waals surface area contributed by atoms with Gasteiger partial charge in [-0.15, -0.1) is 0 Å².